The number of rotatable bonds is 8. The lowest BCUT2D eigenvalue weighted by atomic mass is 10.3. The third-order valence-corrected chi connectivity index (χ3v) is 1.99. The lowest BCUT2D eigenvalue weighted by molar-refractivity contribution is -0.134. The summed E-state index contributed by atoms with van der Waals surface area (Å²) in [6.07, 6.45) is 4.99. The normalized spacial score (nSPS) is 10.2. The molecule has 0 aromatic heterocycles. The van der Waals surface area contributed by atoms with E-state index in [1.165, 1.54) is 38.9 Å². The van der Waals surface area contributed by atoms with Crippen LogP contribution in [0, 0.1) is 0 Å². The van der Waals surface area contributed by atoms with Crippen LogP contribution < -0.4 is 0 Å². The molecular formula is C13H25NO4. The summed E-state index contributed by atoms with van der Waals surface area (Å²) in [4.78, 5) is 21.6. The van der Waals surface area contributed by atoms with Gasteiger partial charge in [-0.25, -0.2) is 9.59 Å². The SMILES string of the molecule is CCCN(CCC)CCC.O=C(O)C=CC(=O)O. The van der Waals surface area contributed by atoms with E-state index >= 15 is 0 Å². The van der Waals surface area contributed by atoms with Gasteiger partial charge in [0.2, 0.25) is 0 Å². The van der Waals surface area contributed by atoms with Crippen LogP contribution in [-0.2, 0) is 9.59 Å². The minimum absolute atomic E-state index is 0.558. The second-order valence-corrected chi connectivity index (χ2v) is 3.85. The molecule has 0 aromatic rings. The maximum Gasteiger partial charge on any atom is 0.328 e. The molecule has 0 radical (unpaired) electrons. The Morgan fingerprint density at radius 3 is 1.28 bits per heavy atom. The molecule has 0 fully saturated rings. The first-order chi connectivity index (χ1) is 8.47. The smallest absolute Gasteiger partial charge is 0.328 e. The van der Waals surface area contributed by atoms with E-state index in [0.717, 1.165) is 0 Å². The highest BCUT2D eigenvalue weighted by atomic mass is 16.4. The van der Waals surface area contributed by atoms with Crippen LogP contribution in [0.1, 0.15) is 40.0 Å². The van der Waals surface area contributed by atoms with Crippen LogP contribution in [0.5, 0.6) is 0 Å². The molecule has 0 spiro atoms. The molecule has 18 heavy (non-hydrogen) atoms. The Kier molecular flexibility index (Phi) is 14.5. The highest BCUT2D eigenvalue weighted by molar-refractivity contribution is 5.89. The van der Waals surface area contributed by atoms with Crippen molar-refractivity contribution < 1.29 is 19.8 Å². The topological polar surface area (TPSA) is 77.8 Å². The molecule has 0 aliphatic rings. The fourth-order valence-corrected chi connectivity index (χ4v) is 1.43. The summed E-state index contributed by atoms with van der Waals surface area (Å²) in [7, 11) is 0. The van der Waals surface area contributed by atoms with Crippen molar-refractivity contribution in [2.45, 2.75) is 40.0 Å². The van der Waals surface area contributed by atoms with Gasteiger partial charge < -0.3 is 15.1 Å². The van der Waals surface area contributed by atoms with Crippen LogP contribution in [-0.4, -0.2) is 46.7 Å². The maximum atomic E-state index is 9.55. The van der Waals surface area contributed by atoms with E-state index < -0.39 is 11.9 Å². The van der Waals surface area contributed by atoms with Crippen molar-refractivity contribution in [1.29, 1.82) is 0 Å². The number of aliphatic carboxylic acids is 2. The Hall–Kier alpha value is -1.36. The molecule has 0 heterocycles. The molecule has 0 atom stereocenters. The van der Waals surface area contributed by atoms with Gasteiger partial charge in [0.1, 0.15) is 0 Å². The summed E-state index contributed by atoms with van der Waals surface area (Å²) in [5.41, 5.74) is 0. The highest BCUT2D eigenvalue weighted by Gasteiger charge is 1.98. The van der Waals surface area contributed by atoms with Gasteiger partial charge in [0.15, 0.2) is 0 Å². The first-order valence-electron chi connectivity index (χ1n) is 6.34. The fourth-order valence-electron chi connectivity index (χ4n) is 1.43. The van der Waals surface area contributed by atoms with Gasteiger partial charge in [0.25, 0.3) is 0 Å². The lowest BCUT2D eigenvalue weighted by Crippen LogP contribution is -2.25. The van der Waals surface area contributed by atoms with Crippen LogP contribution in [0.4, 0.5) is 0 Å². The van der Waals surface area contributed by atoms with Crippen LogP contribution in [0.15, 0.2) is 12.2 Å². The predicted octanol–water partition coefficient (Wildman–Crippen LogP) is 2.23. The van der Waals surface area contributed by atoms with Crippen molar-refractivity contribution in [3.63, 3.8) is 0 Å². The van der Waals surface area contributed by atoms with Crippen LogP contribution in [0.25, 0.3) is 0 Å². The summed E-state index contributed by atoms with van der Waals surface area (Å²) < 4.78 is 0. The molecule has 5 nitrogen and oxygen atoms in total. The molecule has 2 N–H and O–H groups in total. The Bertz CT molecular complexity index is 221. The van der Waals surface area contributed by atoms with Gasteiger partial charge in [-0.15, -0.1) is 0 Å². The van der Waals surface area contributed by atoms with Crippen molar-refractivity contribution in [2.24, 2.45) is 0 Å². The Labute approximate surface area is 109 Å². The van der Waals surface area contributed by atoms with Gasteiger partial charge in [-0.2, -0.15) is 0 Å². The first-order valence-corrected chi connectivity index (χ1v) is 6.34. The minimum Gasteiger partial charge on any atom is -0.478 e. The van der Waals surface area contributed by atoms with Gasteiger partial charge in [-0.1, -0.05) is 20.8 Å². The maximum absolute atomic E-state index is 9.55. The molecule has 0 aliphatic heterocycles. The van der Waals surface area contributed by atoms with Crippen molar-refractivity contribution in [3.8, 4) is 0 Å². The molecule has 0 amide bonds. The third-order valence-electron chi connectivity index (χ3n) is 1.99. The zero-order chi connectivity index (χ0) is 14.4. The second kappa shape index (κ2) is 13.7. The van der Waals surface area contributed by atoms with Gasteiger partial charge in [-0.3, -0.25) is 0 Å². The Morgan fingerprint density at radius 2 is 1.11 bits per heavy atom. The van der Waals surface area contributed by atoms with E-state index in [2.05, 4.69) is 25.7 Å². The molecule has 0 aliphatic carbocycles. The number of carbonyl (C=O) groups is 2. The number of carboxylic acid groups (broad SMARTS) is 2. The second-order valence-electron chi connectivity index (χ2n) is 3.85. The summed E-state index contributed by atoms with van der Waals surface area (Å²) >= 11 is 0. The van der Waals surface area contributed by atoms with Crippen molar-refractivity contribution >= 4 is 11.9 Å². The highest BCUT2D eigenvalue weighted by Crippen LogP contribution is 1.94. The number of carboxylic acids is 2. The molecular weight excluding hydrogens is 234 g/mol. The predicted molar refractivity (Wildman–Crippen MR) is 71.7 cm³/mol. The van der Waals surface area contributed by atoms with Gasteiger partial charge in [-0.05, 0) is 38.9 Å². The monoisotopic (exact) mass is 259 g/mol. The standard InChI is InChI=1S/C9H21N.C4H4O4/c1-4-7-10(8-5-2)9-6-3;5-3(6)1-2-4(7)8/h4-9H2,1-3H3;1-2H,(H,5,6)(H,7,8). The van der Waals surface area contributed by atoms with Gasteiger partial charge in [0, 0.05) is 12.2 Å². The third kappa shape index (κ3) is 17.0. The molecule has 0 saturated carbocycles. The summed E-state index contributed by atoms with van der Waals surface area (Å²) in [5, 5.41) is 15.6. The van der Waals surface area contributed by atoms with Crippen LogP contribution in [0.2, 0.25) is 0 Å². The lowest BCUT2D eigenvalue weighted by Gasteiger charge is -2.19. The molecule has 0 aromatic carbocycles. The number of nitrogens with zero attached hydrogens (tertiary/aromatic N) is 1. The van der Waals surface area contributed by atoms with E-state index in [1.54, 1.807) is 0 Å². The molecule has 0 saturated heterocycles. The van der Waals surface area contributed by atoms with E-state index in [9.17, 15) is 9.59 Å². The number of hydrogen-bond acceptors (Lipinski definition) is 3. The zero-order valence-electron chi connectivity index (χ0n) is 11.6. The molecule has 106 valence electrons. The fraction of sp³-hybridized carbons (Fsp3) is 0.692. The van der Waals surface area contributed by atoms with Crippen LogP contribution in [0.3, 0.4) is 0 Å². The summed E-state index contributed by atoms with van der Waals surface area (Å²) in [6, 6.07) is 0. The summed E-state index contributed by atoms with van der Waals surface area (Å²) in [5.74, 6) is -2.51. The summed E-state index contributed by atoms with van der Waals surface area (Å²) in [6.45, 7) is 10.6. The number of hydrogen-bond donors (Lipinski definition) is 2. The van der Waals surface area contributed by atoms with Crippen molar-refractivity contribution in [1.82, 2.24) is 4.90 Å². The van der Waals surface area contributed by atoms with E-state index in [4.69, 9.17) is 10.2 Å². The largest absolute Gasteiger partial charge is 0.478 e. The average Bonchev–Trinajstić information content (AvgIpc) is 2.28. The zero-order valence-corrected chi connectivity index (χ0v) is 11.6. The minimum atomic E-state index is -1.26. The Balaban J connectivity index is 0. The average molecular weight is 259 g/mol. The molecule has 0 unspecified atom stereocenters. The first kappa shape index (κ1) is 19.0. The van der Waals surface area contributed by atoms with Gasteiger partial charge in [0.05, 0.1) is 0 Å². The molecule has 5 heteroatoms. The van der Waals surface area contributed by atoms with E-state index in [0.29, 0.717) is 12.2 Å². The molecule has 0 bridgehead atoms. The van der Waals surface area contributed by atoms with Gasteiger partial charge >= 0.3 is 11.9 Å². The van der Waals surface area contributed by atoms with Crippen LogP contribution >= 0.6 is 0 Å². The Morgan fingerprint density at radius 1 is 0.833 bits per heavy atom. The van der Waals surface area contributed by atoms with Crippen molar-refractivity contribution in [2.75, 3.05) is 19.6 Å². The van der Waals surface area contributed by atoms with Crippen molar-refractivity contribution in [3.05, 3.63) is 12.2 Å². The molecule has 0 rings (SSSR count). The quantitative estimate of drug-likeness (QED) is 0.654. The van der Waals surface area contributed by atoms with E-state index in [-0.39, 0.29) is 0 Å². The van der Waals surface area contributed by atoms with E-state index in [1.807, 2.05) is 0 Å².